The molecular formula is C15H22N4O2. The number of anilines is 2. The van der Waals surface area contributed by atoms with Gasteiger partial charge < -0.3 is 21.5 Å². The molecule has 0 bridgehead atoms. The second-order valence-corrected chi connectivity index (χ2v) is 5.79. The van der Waals surface area contributed by atoms with E-state index in [2.05, 4.69) is 10.2 Å². The zero-order valence-corrected chi connectivity index (χ0v) is 12.0. The first kappa shape index (κ1) is 14.2. The predicted molar refractivity (Wildman–Crippen MR) is 82.2 cm³/mol. The number of amides is 1. The number of nitrogen functional groups attached to an aromatic ring is 1. The Kier molecular flexibility index (Phi) is 3.98. The highest BCUT2D eigenvalue weighted by Crippen LogP contribution is 2.23. The second kappa shape index (κ2) is 5.91. The molecule has 0 spiro atoms. The van der Waals surface area contributed by atoms with Gasteiger partial charge in [0.1, 0.15) is 0 Å². The van der Waals surface area contributed by atoms with Gasteiger partial charge in [0, 0.05) is 30.5 Å². The first-order valence-electron chi connectivity index (χ1n) is 7.42. The van der Waals surface area contributed by atoms with E-state index in [1.54, 1.807) is 12.1 Å². The number of morpholine rings is 1. The molecule has 0 saturated carbocycles. The number of benzene rings is 1. The second-order valence-electron chi connectivity index (χ2n) is 5.79. The van der Waals surface area contributed by atoms with E-state index in [9.17, 15) is 4.79 Å². The summed E-state index contributed by atoms with van der Waals surface area (Å²) in [5.74, 6) is -0.509. The molecule has 5 N–H and O–H groups in total. The summed E-state index contributed by atoms with van der Waals surface area (Å²) in [6, 6.07) is 5.85. The van der Waals surface area contributed by atoms with Gasteiger partial charge in [0.25, 0.3) is 5.91 Å². The summed E-state index contributed by atoms with van der Waals surface area (Å²) in [6.45, 7) is 3.68. The highest BCUT2D eigenvalue weighted by atomic mass is 16.5. The summed E-state index contributed by atoms with van der Waals surface area (Å²) in [6.07, 6.45) is 2.70. The van der Waals surface area contributed by atoms with E-state index in [0.29, 0.717) is 23.8 Å². The quantitative estimate of drug-likeness (QED) is 0.708. The summed E-state index contributed by atoms with van der Waals surface area (Å²) < 4.78 is 5.89. The molecule has 2 aliphatic heterocycles. The van der Waals surface area contributed by atoms with Crippen LogP contribution < -0.4 is 16.8 Å². The number of nitrogens with two attached hydrogens (primary N) is 2. The van der Waals surface area contributed by atoms with Crippen LogP contribution in [0, 0.1) is 0 Å². The van der Waals surface area contributed by atoms with Crippen molar-refractivity contribution in [3.63, 3.8) is 0 Å². The number of rotatable bonds is 4. The molecule has 0 aliphatic carbocycles. The van der Waals surface area contributed by atoms with Gasteiger partial charge in [-0.05, 0) is 37.6 Å². The maximum absolute atomic E-state index is 11.3. The molecule has 0 aromatic heterocycles. The summed E-state index contributed by atoms with van der Waals surface area (Å²) in [5, 5.41) is 3.30. The molecule has 1 amide bonds. The largest absolute Gasteiger partial charge is 0.398 e. The van der Waals surface area contributed by atoms with Gasteiger partial charge in [0.15, 0.2) is 0 Å². The average molecular weight is 290 g/mol. The Labute approximate surface area is 124 Å². The Balaban J connectivity index is 1.58. The van der Waals surface area contributed by atoms with Crippen LogP contribution in [-0.4, -0.2) is 49.2 Å². The van der Waals surface area contributed by atoms with Crippen molar-refractivity contribution in [2.45, 2.75) is 25.0 Å². The lowest BCUT2D eigenvalue weighted by molar-refractivity contribution is -0.0415. The summed E-state index contributed by atoms with van der Waals surface area (Å²) in [5.41, 5.74) is 12.6. The Morgan fingerprint density at radius 3 is 3.14 bits per heavy atom. The lowest BCUT2D eigenvalue weighted by atomic mass is 10.1. The van der Waals surface area contributed by atoms with E-state index in [4.69, 9.17) is 16.2 Å². The van der Waals surface area contributed by atoms with Crippen LogP contribution in [0.2, 0.25) is 0 Å². The Morgan fingerprint density at radius 2 is 2.33 bits per heavy atom. The van der Waals surface area contributed by atoms with E-state index in [1.165, 1.54) is 19.4 Å². The molecule has 2 fully saturated rings. The summed E-state index contributed by atoms with van der Waals surface area (Å²) >= 11 is 0. The number of hydrogen-bond acceptors (Lipinski definition) is 5. The van der Waals surface area contributed by atoms with Crippen LogP contribution in [0.25, 0.3) is 0 Å². The topological polar surface area (TPSA) is 93.6 Å². The zero-order valence-electron chi connectivity index (χ0n) is 12.0. The third-order valence-corrected chi connectivity index (χ3v) is 4.31. The van der Waals surface area contributed by atoms with Crippen molar-refractivity contribution in [2.24, 2.45) is 5.73 Å². The van der Waals surface area contributed by atoms with Gasteiger partial charge in [-0.25, -0.2) is 0 Å². The SMILES string of the molecule is NC(=O)c1cc(NCC2CN3CCCC3CO2)ccc1N. The van der Waals surface area contributed by atoms with Crippen LogP contribution in [0.5, 0.6) is 0 Å². The molecule has 2 aliphatic rings. The lowest BCUT2D eigenvalue weighted by Gasteiger charge is -2.35. The van der Waals surface area contributed by atoms with Crippen LogP contribution >= 0.6 is 0 Å². The van der Waals surface area contributed by atoms with Gasteiger partial charge in [-0.2, -0.15) is 0 Å². The Hall–Kier alpha value is -1.79. The molecular weight excluding hydrogens is 268 g/mol. The highest BCUT2D eigenvalue weighted by molar-refractivity contribution is 5.98. The van der Waals surface area contributed by atoms with Crippen LogP contribution in [-0.2, 0) is 4.74 Å². The molecule has 6 heteroatoms. The predicted octanol–water partition coefficient (Wildman–Crippen LogP) is 0.643. The molecule has 2 unspecified atom stereocenters. The number of fused-ring (bicyclic) bond motifs is 1. The fourth-order valence-electron chi connectivity index (χ4n) is 3.12. The van der Waals surface area contributed by atoms with Gasteiger partial charge >= 0.3 is 0 Å². The maximum Gasteiger partial charge on any atom is 0.250 e. The molecule has 2 heterocycles. The van der Waals surface area contributed by atoms with E-state index < -0.39 is 5.91 Å². The van der Waals surface area contributed by atoms with Crippen molar-refractivity contribution >= 4 is 17.3 Å². The fourth-order valence-corrected chi connectivity index (χ4v) is 3.12. The molecule has 2 saturated heterocycles. The minimum absolute atomic E-state index is 0.175. The average Bonchev–Trinajstić information content (AvgIpc) is 2.93. The maximum atomic E-state index is 11.3. The van der Waals surface area contributed by atoms with Gasteiger partial charge in [-0.3, -0.25) is 9.69 Å². The normalized spacial score (nSPS) is 25.5. The number of nitrogens with zero attached hydrogens (tertiary/aromatic N) is 1. The van der Waals surface area contributed by atoms with Crippen molar-refractivity contribution in [1.82, 2.24) is 4.90 Å². The first-order chi connectivity index (χ1) is 10.1. The molecule has 3 rings (SSSR count). The smallest absolute Gasteiger partial charge is 0.250 e. The summed E-state index contributed by atoms with van der Waals surface area (Å²) in [4.78, 5) is 13.8. The number of ether oxygens (including phenoxy) is 1. The van der Waals surface area contributed by atoms with Crippen LogP contribution in [0.15, 0.2) is 18.2 Å². The van der Waals surface area contributed by atoms with E-state index >= 15 is 0 Å². The van der Waals surface area contributed by atoms with Crippen molar-refractivity contribution < 1.29 is 9.53 Å². The van der Waals surface area contributed by atoms with Gasteiger partial charge in [-0.15, -0.1) is 0 Å². The van der Waals surface area contributed by atoms with Crippen molar-refractivity contribution in [3.05, 3.63) is 23.8 Å². The number of carbonyl (C=O) groups excluding carboxylic acids is 1. The van der Waals surface area contributed by atoms with Gasteiger partial charge in [-0.1, -0.05) is 0 Å². The Bertz CT molecular complexity index is 534. The molecule has 2 atom stereocenters. The van der Waals surface area contributed by atoms with E-state index in [-0.39, 0.29) is 6.10 Å². The van der Waals surface area contributed by atoms with Gasteiger partial charge in [0.05, 0.1) is 18.3 Å². The number of hydrogen-bond donors (Lipinski definition) is 3. The molecule has 1 aromatic rings. The number of primary amides is 1. The number of carbonyl (C=O) groups is 1. The van der Waals surface area contributed by atoms with Crippen molar-refractivity contribution in [2.75, 3.05) is 37.3 Å². The molecule has 21 heavy (non-hydrogen) atoms. The standard InChI is InChI=1S/C15H22N4O2/c16-14-4-3-10(6-13(14)15(17)20)18-7-12-8-19-5-1-2-11(19)9-21-12/h3-4,6,11-12,18H,1-2,5,7-9,16H2,(H2,17,20). The third-order valence-electron chi connectivity index (χ3n) is 4.31. The monoisotopic (exact) mass is 290 g/mol. The number of nitrogens with one attached hydrogen (secondary N) is 1. The van der Waals surface area contributed by atoms with Crippen molar-refractivity contribution in [1.29, 1.82) is 0 Å². The lowest BCUT2D eigenvalue weighted by Crippen LogP contribution is -2.48. The third kappa shape index (κ3) is 3.11. The van der Waals surface area contributed by atoms with E-state index in [0.717, 1.165) is 18.8 Å². The van der Waals surface area contributed by atoms with Gasteiger partial charge in [0.2, 0.25) is 0 Å². The molecule has 1 aromatic carbocycles. The van der Waals surface area contributed by atoms with Crippen LogP contribution in [0.3, 0.4) is 0 Å². The minimum atomic E-state index is -0.509. The minimum Gasteiger partial charge on any atom is -0.398 e. The zero-order chi connectivity index (χ0) is 14.8. The molecule has 6 nitrogen and oxygen atoms in total. The van der Waals surface area contributed by atoms with Crippen molar-refractivity contribution in [3.8, 4) is 0 Å². The molecule has 114 valence electrons. The fraction of sp³-hybridized carbons (Fsp3) is 0.533. The summed E-state index contributed by atoms with van der Waals surface area (Å²) in [7, 11) is 0. The van der Waals surface area contributed by atoms with Crippen LogP contribution in [0.1, 0.15) is 23.2 Å². The van der Waals surface area contributed by atoms with Crippen LogP contribution in [0.4, 0.5) is 11.4 Å². The van der Waals surface area contributed by atoms with E-state index in [1.807, 2.05) is 6.07 Å². The highest BCUT2D eigenvalue weighted by Gasteiger charge is 2.31. The first-order valence-corrected chi connectivity index (χ1v) is 7.42. The Morgan fingerprint density at radius 1 is 1.48 bits per heavy atom. The molecule has 0 radical (unpaired) electrons.